The maximum atomic E-state index is 2.40. The third-order valence-corrected chi connectivity index (χ3v) is 6.56. The summed E-state index contributed by atoms with van der Waals surface area (Å²) >= 11 is 0. The van der Waals surface area contributed by atoms with Gasteiger partial charge in [0.05, 0.1) is 0 Å². The van der Waals surface area contributed by atoms with Gasteiger partial charge >= 0.3 is 0 Å². The van der Waals surface area contributed by atoms with E-state index in [1.807, 2.05) is 0 Å². The van der Waals surface area contributed by atoms with Crippen LogP contribution in [-0.4, -0.2) is 20.8 Å². The van der Waals surface area contributed by atoms with Crippen molar-refractivity contribution >= 4 is 45.9 Å². The van der Waals surface area contributed by atoms with E-state index in [4.69, 9.17) is 0 Å². The Balaban J connectivity index is 1.85. The molecule has 5 rings (SSSR count). The SMILES string of the molecule is Cc1cccc2c1N(C)c1cccc3c1B2c1ccc(C(C)(C)C)cc1N3C. The summed E-state index contributed by atoms with van der Waals surface area (Å²) in [5.74, 6) is 0. The topological polar surface area (TPSA) is 6.48 Å². The third-order valence-electron chi connectivity index (χ3n) is 6.56. The second kappa shape index (κ2) is 5.67. The number of fused-ring (bicyclic) bond motifs is 4. The van der Waals surface area contributed by atoms with Crippen LogP contribution in [0.15, 0.2) is 54.6 Å². The molecule has 0 aromatic heterocycles. The fourth-order valence-corrected chi connectivity index (χ4v) is 5.07. The third kappa shape index (κ3) is 2.22. The van der Waals surface area contributed by atoms with Gasteiger partial charge in [0.15, 0.2) is 0 Å². The van der Waals surface area contributed by atoms with Crippen LogP contribution in [0.2, 0.25) is 0 Å². The monoisotopic (exact) mass is 366 g/mol. The van der Waals surface area contributed by atoms with E-state index >= 15 is 0 Å². The molecule has 2 heterocycles. The van der Waals surface area contributed by atoms with Crippen molar-refractivity contribution in [2.75, 3.05) is 23.9 Å². The molecule has 0 fully saturated rings. The van der Waals surface area contributed by atoms with Gasteiger partial charge in [0, 0.05) is 36.8 Å². The number of para-hydroxylation sites is 1. The molecule has 0 unspecified atom stereocenters. The normalized spacial score (nSPS) is 14.6. The Morgan fingerprint density at radius 3 is 2.14 bits per heavy atom. The Morgan fingerprint density at radius 2 is 1.43 bits per heavy atom. The largest absolute Gasteiger partial charge is 0.345 e. The van der Waals surface area contributed by atoms with Crippen LogP contribution in [-0.2, 0) is 5.41 Å². The zero-order valence-electron chi connectivity index (χ0n) is 17.7. The van der Waals surface area contributed by atoms with E-state index in [2.05, 4.69) is 106 Å². The smallest absolute Gasteiger partial charge is 0.252 e. The fraction of sp³-hybridized carbons (Fsp3) is 0.280. The Kier molecular flexibility index (Phi) is 3.53. The molecule has 140 valence electrons. The first-order valence-electron chi connectivity index (χ1n) is 10.1. The van der Waals surface area contributed by atoms with Gasteiger partial charge < -0.3 is 9.80 Å². The molecule has 0 N–H and O–H groups in total. The summed E-state index contributed by atoms with van der Waals surface area (Å²) in [7, 11) is 4.42. The molecule has 0 atom stereocenters. The van der Waals surface area contributed by atoms with Gasteiger partial charge in [0.25, 0.3) is 6.71 Å². The van der Waals surface area contributed by atoms with Crippen LogP contribution >= 0.6 is 0 Å². The van der Waals surface area contributed by atoms with E-state index in [0.717, 1.165) is 0 Å². The van der Waals surface area contributed by atoms with Gasteiger partial charge in [-0.2, -0.15) is 0 Å². The summed E-state index contributed by atoms with van der Waals surface area (Å²) in [6.45, 7) is 9.38. The van der Waals surface area contributed by atoms with Crippen LogP contribution in [0, 0.1) is 6.92 Å². The standard InChI is InChI=1S/C25H27BN2/c1-16-9-7-10-19-24(16)28(6)21-12-8-11-20-23(21)26(19)18-14-13-17(25(2,3)4)15-22(18)27(20)5/h7-15H,1-6H3. The van der Waals surface area contributed by atoms with Crippen molar-refractivity contribution in [3.8, 4) is 0 Å². The average Bonchev–Trinajstić information content (AvgIpc) is 2.66. The number of hydrogen-bond acceptors (Lipinski definition) is 2. The van der Waals surface area contributed by atoms with Gasteiger partial charge in [0.2, 0.25) is 0 Å². The zero-order chi connectivity index (χ0) is 19.8. The maximum absolute atomic E-state index is 2.40. The molecule has 2 aliphatic rings. The number of hydrogen-bond donors (Lipinski definition) is 0. The number of rotatable bonds is 0. The lowest BCUT2D eigenvalue weighted by Crippen LogP contribution is -2.61. The molecule has 0 saturated carbocycles. The van der Waals surface area contributed by atoms with E-state index in [1.54, 1.807) is 0 Å². The lowest BCUT2D eigenvalue weighted by molar-refractivity contribution is 0.590. The Hall–Kier alpha value is -2.68. The summed E-state index contributed by atoms with van der Waals surface area (Å²) in [5, 5.41) is 0. The summed E-state index contributed by atoms with van der Waals surface area (Å²) in [6.07, 6.45) is 0. The van der Waals surface area contributed by atoms with Gasteiger partial charge in [-0.15, -0.1) is 0 Å². The minimum Gasteiger partial charge on any atom is -0.345 e. The van der Waals surface area contributed by atoms with Crippen molar-refractivity contribution < 1.29 is 0 Å². The Labute approximate surface area is 168 Å². The molecule has 3 aromatic rings. The van der Waals surface area contributed by atoms with Crippen molar-refractivity contribution in [1.82, 2.24) is 0 Å². The van der Waals surface area contributed by atoms with Crippen LogP contribution in [0.25, 0.3) is 0 Å². The highest BCUT2D eigenvalue weighted by Gasteiger charge is 2.41. The molecule has 3 aromatic carbocycles. The highest BCUT2D eigenvalue weighted by molar-refractivity contribution is 7.00. The zero-order valence-corrected chi connectivity index (χ0v) is 17.7. The number of aryl methyl sites for hydroxylation is 1. The second-order valence-electron chi connectivity index (χ2n) is 9.30. The lowest BCUT2D eigenvalue weighted by atomic mass is 9.33. The van der Waals surface area contributed by atoms with Crippen molar-refractivity contribution in [2.24, 2.45) is 0 Å². The lowest BCUT2D eigenvalue weighted by Gasteiger charge is -2.42. The van der Waals surface area contributed by atoms with Crippen LogP contribution < -0.4 is 26.2 Å². The van der Waals surface area contributed by atoms with E-state index in [1.165, 1.54) is 50.3 Å². The molecule has 28 heavy (non-hydrogen) atoms. The average molecular weight is 366 g/mol. The maximum Gasteiger partial charge on any atom is 0.252 e. The van der Waals surface area contributed by atoms with Gasteiger partial charge in [-0.1, -0.05) is 57.2 Å². The van der Waals surface area contributed by atoms with E-state index in [-0.39, 0.29) is 12.1 Å². The summed E-state index contributed by atoms with van der Waals surface area (Å²) in [4.78, 5) is 4.76. The van der Waals surface area contributed by atoms with Crippen LogP contribution in [0.5, 0.6) is 0 Å². The molecule has 0 radical (unpaired) electrons. The molecule has 2 nitrogen and oxygen atoms in total. The first kappa shape index (κ1) is 17.4. The molecular formula is C25H27BN2. The Morgan fingerprint density at radius 1 is 0.750 bits per heavy atom. The molecule has 0 bridgehead atoms. The molecule has 0 aliphatic carbocycles. The first-order valence-corrected chi connectivity index (χ1v) is 10.1. The molecular weight excluding hydrogens is 339 g/mol. The molecule has 2 aliphatic heterocycles. The number of nitrogens with zero attached hydrogens (tertiary/aromatic N) is 2. The number of benzene rings is 3. The van der Waals surface area contributed by atoms with Crippen LogP contribution in [0.3, 0.4) is 0 Å². The van der Waals surface area contributed by atoms with Gasteiger partial charge in [-0.05, 0) is 58.1 Å². The summed E-state index contributed by atoms with van der Waals surface area (Å²) < 4.78 is 0. The minimum absolute atomic E-state index is 0.138. The molecule has 0 saturated heterocycles. The quantitative estimate of drug-likeness (QED) is 0.556. The predicted octanol–water partition coefficient (Wildman–Crippen LogP) is 3.97. The first-order chi connectivity index (χ1) is 13.3. The Bertz CT molecular complexity index is 1110. The van der Waals surface area contributed by atoms with Crippen LogP contribution in [0.4, 0.5) is 22.7 Å². The number of anilines is 4. The van der Waals surface area contributed by atoms with Crippen molar-refractivity contribution in [3.05, 3.63) is 65.7 Å². The van der Waals surface area contributed by atoms with Crippen molar-refractivity contribution in [1.29, 1.82) is 0 Å². The van der Waals surface area contributed by atoms with E-state index < -0.39 is 0 Å². The highest BCUT2D eigenvalue weighted by Crippen LogP contribution is 2.37. The van der Waals surface area contributed by atoms with Crippen molar-refractivity contribution in [3.63, 3.8) is 0 Å². The van der Waals surface area contributed by atoms with E-state index in [9.17, 15) is 0 Å². The minimum atomic E-state index is 0.138. The predicted molar refractivity (Wildman–Crippen MR) is 124 cm³/mol. The summed E-state index contributed by atoms with van der Waals surface area (Å²) in [5.41, 5.74) is 12.4. The molecule has 0 spiro atoms. The molecule has 0 amide bonds. The summed E-state index contributed by atoms with van der Waals surface area (Å²) in [6, 6.07) is 20.6. The second-order valence-corrected chi connectivity index (χ2v) is 9.30. The van der Waals surface area contributed by atoms with E-state index in [0.29, 0.717) is 0 Å². The van der Waals surface area contributed by atoms with Gasteiger partial charge in [-0.25, -0.2) is 0 Å². The van der Waals surface area contributed by atoms with Crippen LogP contribution in [0.1, 0.15) is 31.9 Å². The van der Waals surface area contributed by atoms with Crippen molar-refractivity contribution in [2.45, 2.75) is 33.1 Å². The fourth-order valence-electron chi connectivity index (χ4n) is 5.07. The highest BCUT2D eigenvalue weighted by atomic mass is 15.1. The van der Waals surface area contributed by atoms with Gasteiger partial charge in [0.1, 0.15) is 0 Å². The molecule has 3 heteroatoms. The van der Waals surface area contributed by atoms with Gasteiger partial charge in [-0.3, -0.25) is 0 Å².